The molecule has 12 rings (SSSR count). The van der Waals surface area contributed by atoms with E-state index in [4.69, 9.17) is 4.42 Å². The Labute approximate surface area is 350 Å². The molecule has 2 heteroatoms. The zero-order valence-corrected chi connectivity index (χ0v) is 33.6. The van der Waals surface area contributed by atoms with E-state index in [1.165, 1.54) is 55.6 Å². The average Bonchev–Trinajstić information content (AvgIpc) is 3.84. The summed E-state index contributed by atoms with van der Waals surface area (Å²) in [5.74, 6) is 0. The Kier molecular flexibility index (Phi) is 7.52. The molecule has 0 amide bonds. The molecule has 284 valence electrons. The van der Waals surface area contributed by atoms with Gasteiger partial charge in [0.25, 0.3) is 0 Å². The van der Waals surface area contributed by atoms with Crippen LogP contribution in [0, 0.1) is 0 Å². The quantitative estimate of drug-likeness (QED) is 0.173. The minimum absolute atomic E-state index is 0.158. The molecule has 1 spiro atoms. The van der Waals surface area contributed by atoms with Crippen molar-refractivity contribution in [3.63, 3.8) is 0 Å². The van der Waals surface area contributed by atoms with Crippen LogP contribution < -0.4 is 4.90 Å². The molecule has 0 saturated carbocycles. The second-order valence-electron chi connectivity index (χ2n) is 16.8. The summed E-state index contributed by atoms with van der Waals surface area (Å²) in [5, 5.41) is 2.27. The van der Waals surface area contributed by atoms with Crippen LogP contribution in [-0.4, -0.2) is 0 Å². The highest BCUT2D eigenvalue weighted by Crippen LogP contribution is 2.64. The van der Waals surface area contributed by atoms with Gasteiger partial charge in [-0.3, -0.25) is 0 Å². The lowest BCUT2D eigenvalue weighted by atomic mass is 9.55. The van der Waals surface area contributed by atoms with Gasteiger partial charge in [-0.05, 0) is 92.0 Å². The van der Waals surface area contributed by atoms with Gasteiger partial charge in [0.15, 0.2) is 0 Å². The van der Waals surface area contributed by atoms with Crippen molar-refractivity contribution >= 4 is 39.0 Å². The van der Waals surface area contributed by atoms with Crippen molar-refractivity contribution in [3.05, 3.63) is 246 Å². The predicted octanol–water partition coefficient (Wildman–Crippen LogP) is 15.4. The first-order valence-electron chi connectivity index (χ1n) is 20.9. The smallest absolute Gasteiger partial charge is 0.143 e. The fourth-order valence-electron chi connectivity index (χ4n) is 10.7. The molecule has 0 fully saturated rings. The molecule has 1 heterocycles. The SMILES string of the molecule is CC1(C)c2ccccc2C2(c3ccccc3-c3c(N(c4ccc(-c5ccccc5)cc4)c4ccc(-c5cccc6c5oc5ccccc56)cc4)cccc32)c2ccccc21. The Hall–Kier alpha value is -7.42. The third kappa shape index (κ3) is 4.82. The van der Waals surface area contributed by atoms with Crippen LogP contribution in [-0.2, 0) is 10.8 Å². The van der Waals surface area contributed by atoms with Gasteiger partial charge in [-0.15, -0.1) is 0 Å². The molecule has 2 nitrogen and oxygen atoms in total. The third-order valence-electron chi connectivity index (χ3n) is 13.4. The van der Waals surface area contributed by atoms with Crippen molar-refractivity contribution < 1.29 is 4.42 Å². The van der Waals surface area contributed by atoms with E-state index in [0.717, 1.165) is 50.1 Å². The van der Waals surface area contributed by atoms with E-state index >= 15 is 0 Å². The second-order valence-corrected chi connectivity index (χ2v) is 16.8. The summed E-state index contributed by atoms with van der Waals surface area (Å²) in [7, 11) is 0. The number of nitrogens with zero attached hydrogens (tertiary/aromatic N) is 1. The van der Waals surface area contributed by atoms with Crippen LogP contribution >= 0.6 is 0 Å². The van der Waals surface area contributed by atoms with Gasteiger partial charge in [0.2, 0.25) is 0 Å². The third-order valence-corrected chi connectivity index (χ3v) is 13.4. The monoisotopic (exact) mass is 767 g/mol. The molecule has 0 radical (unpaired) electrons. The van der Waals surface area contributed by atoms with Crippen LogP contribution in [0.4, 0.5) is 17.1 Å². The van der Waals surface area contributed by atoms with Crippen LogP contribution in [0.25, 0.3) is 55.3 Å². The van der Waals surface area contributed by atoms with Crippen molar-refractivity contribution in [2.45, 2.75) is 24.7 Å². The molecule has 9 aromatic carbocycles. The van der Waals surface area contributed by atoms with Gasteiger partial charge in [-0.1, -0.05) is 190 Å². The molecule has 0 aliphatic heterocycles. The lowest BCUT2D eigenvalue weighted by Gasteiger charge is -2.46. The summed E-state index contributed by atoms with van der Waals surface area (Å²) >= 11 is 0. The van der Waals surface area contributed by atoms with Crippen molar-refractivity contribution in [1.82, 2.24) is 0 Å². The van der Waals surface area contributed by atoms with Gasteiger partial charge in [0.05, 0.1) is 11.1 Å². The van der Waals surface area contributed by atoms with Crippen LogP contribution in [0.15, 0.2) is 217 Å². The Balaban J connectivity index is 1.09. The molecule has 0 unspecified atom stereocenters. The number of hydrogen-bond acceptors (Lipinski definition) is 2. The molecule has 2 aliphatic carbocycles. The Bertz CT molecular complexity index is 3230. The number of rotatable bonds is 5. The first kappa shape index (κ1) is 34.6. The van der Waals surface area contributed by atoms with Gasteiger partial charge in [0.1, 0.15) is 11.2 Å². The highest BCUT2D eigenvalue weighted by Gasteiger charge is 2.53. The van der Waals surface area contributed by atoms with Gasteiger partial charge < -0.3 is 9.32 Å². The number of fused-ring (bicyclic) bond motifs is 12. The summed E-state index contributed by atoms with van der Waals surface area (Å²) < 4.78 is 6.49. The zero-order valence-electron chi connectivity index (χ0n) is 33.6. The Morgan fingerprint density at radius 1 is 0.367 bits per heavy atom. The highest BCUT2D eigenvalue weighted by atomic mass is 16.3. The second kappa shape index (κ2) is 13.0. The van der Waals surface area contributed by atoms with Crippen LogP contribution in [0.2, 0.25) is 0 Å². The Morgan fingerprint density at radius 3 is 1.57 bits per heavy atom. The van der Waals surface area contributed by atoms with Gasteiger partial charge >= 0.3 is 0 Å². The van der Waals surface area contributed by atoms with Crippen molar-refractivity contribution in [3.8, 4) is 33.4 Å². The van der Waals surface area contributed by atoms with Gasteiger partial charge in [0, 0.05) is 38.7 Å². The number of anilines is 3. The molecule has 60 heavy (non-hydrogen) atoms. The van der Waals surface area contributed by atoms with Gasteiger partial charge in [-0.2, -0.15) is 0 Å². The number of benzene rings is 9. The molecular formula is C58H41NO. The molecule has 1 aromatic heterocycles. The van der Waals surface area contributed by atoms with E-state index in [2.05, 4.69) is 225 Å². The molecule has 2 aliphatic rings. The fourth-order valence-corrected chi connectivity index (χ4v) is 10.7. The van der Waals surface area contributed by atoms with E-state index in [0.29, 0.717) is 0 Å². The number of furan rings is 1. The van der Waals surface area contributed by atoms with E-state index < -0.39 is 5.41 Å². The summed E-state index contributed by atoms with van der Waals surface area (Å²) in [6.45, 7) is 4.77. The van der Waals surface area contributed by atoms with E-state index in [1.807, 2.05) is 6.07 Å². The topological polar surface area (TPSA) is 16.4 Å². The summed E-state index contributed by atoms with van der Waals surface area (Å²) in [5.41, 5.74) is 19.8. The minimum Gasteiger partial charge on any atom is -0.455 e. The largest absolute Gasteiger partial charge is 0.455 e. The first-order chi connectivity index (χ1) is 29.5. The maximum Gasteiger partial charge on any atom is 0.143 e. The van der Waals surface area contributed by atoms with Crippen molar-refractivity contribution in [2.24, 2.45) is 0 Å². The lowest BCUT2D eigenvalue weighted by Crippen LogP contribution is -2.40. The number of hydrogen-bond donors (Lipinski definition) is 0. The summed E-state index contributed by atoms with van der Waals surface area (Å²) in [6.07, 6.45) is 0. The average molecular weight is 768 g/mol. The number of para-hydroxylation sites is 2. The maximum atomic E-state index is 6.49. The molecule has 0 N–H and O–H groups in total. The molecule has 0 atom stereocenters. The highest BCUT2D eigenvalue weighted by molar-refractivity contribution is 6.09. The van der Waals surface area contributed by atoms with Crippen LogP contribution in [0.5, 0.6) is 0 Å². The predicted molar refractivity (Wildman–Crippen MR) is 249 cm³/mol. The molecule has 0 bridgehead atoms. The molecular weight excluding hydrogens is 727 g/mol. The van der Waals surface area contributed by atoms with Crippen LogP contribution in [0.3, 0.4) is 0 Å². The normalized spacial score (nSPS) is 14.1. The summed E-state index contributed by atoms with van der Waals surface area (Å²) in [4.78, 5) is 2.46. The molecule has 10 aromatic rings. The van der Waals surface area contributed by atoms with E-state index in [-0.39, 0.29) is 5.41 Å². The molecule has 0 saturated heterocycles. The fraction of sp³-hybridized carbons (Fsp3) is 0.0690. The van der Waals surface area contributed by atoms with Crippen molar-refractivity contribution in [1.29, 1.82) is 0 Å². The van der Waals surface area contributed by atoms with E-state index in [1.54, 1.807) is 0 Å². The lowest BCUT2D eigenvalue weighted by molar-refractivity contribution is 0.563. The summed E-state index contributed by atoms with van der Waals surface area (Å²) in [6, 6.07) is 77.9. The Morgan fingerprint density at radius 2 is 0.867 bits per heavy atom. The first-order valence-corrected chi connectivity index (χ1v) is 20.9. The standard InChI is InChI=1S/C58H41NO/c1-57(2)48-23-9-11-25-50(48)58(51-26-12-10-24-49(51)57)47-22-8-6-19-46(47)55-52(58)27-15-28-53(55)59(41-34-30-39(31-35-41)38-16-4-3-5-17-38)42-36-32-40(33-37-42)43-20-14-21-45-44-18-7-13-29-54(44)60-56(43)45/h3-37H,1-2H3. The van der Waals surface area contributed by atoms with Crippen molar-refractivity contribution in [2.75, 3.05) is 4.90 Å². The van der Waals surface area contributed by atoms with Gasteiger partial charge in [-0.25, -0.2) is 0 Å². The minimum atomic E-state index is -0.484. The van der Waals surface area contributed by atoms with Crippen LogP contribution in [0.1, 0.15) is 47.2 Å². The maximum absolute atomic E-state index is 6.49. The zero-order chi connectivity index (χ0) is 40.0. The van der Waals surface area contributed by atoms with E-state index in [9.17, 15) is 0 Å².